The van der Waals surface area contributed by atoms with Crippen LogP contribution in [0.5, 0.6) is 0 Å². The smallest absolute Gasteiger partial charge is 0.457 e. The van der Waals surface area contributed by atoms with Crippen molar-refractivity contribution in [2.75, 3.05) is 54.1 Å². The van der Waals surface area contributed by atoms with Gasteiger partial charge < -0.3 is 18.9 Å². The molecule has 0 fully saturated rings. The van der Waals surface area contributed by atoms with E-state index in [0.717, 1.165) is 70.6 Å². The molecule has 0 aromatic carbocycles. The van der Waals surface area contributed by atoms with Crippen molar-refractivity contribution in [3.63, 3.8) is 0 Å². The zero-order valence-electron chi connectivity index (χ0n) is 39.4. The van der Waals surface area contributed by atoms with E-state index < -0.39 is 19.9 Å². The van der Waals surface area contributed by atoms with Crippen LogP contribution in [0, 0.1) is 0 Å². The van der Waals surface area contributed by atoms with E-state index in [1.807, 2.05) is 33.3 Å². The Hall–Kier alpha value is -2.84. The maximum atomic E-state index is 12.7. The van der Waals surface area contributed by atoms with Crippen LogP contribution < -0.4 is 0 Å². The number of phosphoric ester groups is 1. The zero-order chi connectivity index (χ0) is 44.8. The number of hydrogen-bond donors (Lipinski definition) is 1. The van der Waals surface area contributed by atoms with Crippen molar-refractivity contribution in [2.45, 2.75) is 161 Å². The van der Waals surface area contributed by atoms with Gasteiger partial charge in [0.15, 0.2) is 0 Å². The Bertz CT molecular complexity index is 1340. The van der Waals surface area contributed by atoms with Crippen molar-refractivity contribution in [3.8, 4) is 0 Å². The minimum Gasteiger partial charge on any atom is -0.457 e. The van der Waals surface area contributed by atoms with Crippen LogP contribution in [0.4, 0.5) is 0 Å². The summed E-state index contributed by atoms with van der Waals surface area (Å²) < 4.78 is 34.9. The molecule has 0 saturated carbocycles. The summed E-state index contributed by atoms with van der Waals surface area (Å²) in [4.78, 5) is 22.9. The van der Waals surface area contributed by atoms with Crippen LogP contribution in [-0.2, 0) is 27.9 Å². The lowest BCUT2D eigenvalue weighted by Gasteiger charge is -2.24. The second-order valence-electron chi connectivity index (χ2n) is 16.4. The Morgan fingerprint density at radius 1 is 0.508 bits per heavy atom. The topological polar surface area (TPSA) is 91.3 Å². The Labute approximate surface area is 374 Å². The number of carbonyl (C=O) groups excluding carboxylic acids is 1. The van der Waals surface area contributed by atoms with Gasteiger partial charge >= 0.3 is 13.8 Å². The number of hydrogen-bond acceptors (Lipinski definition) is 6. The van der Waals surface area contributed by atoms with Gasteiger partial charge in [0.1, 0.15) is 19.3 Å². The minimum absolute atomic E-state index is 0.0690. The first-order chi connectivity index (χ1) is 29.6. The van der Waals surface area contributed by atoms with Crippen LogP contribution in [0.15, 0.2) is 109 Å². The highest BCUT2D eigenvalue weighted by molar-refractivity contribution is 7.47. The monoisotopic (exact) mass is 871 g/mol. The molecule has 0 rings (SSSR count). The van der Waals surface area contributed by atoms with E-state index in [2.05, 4.69) is 111 Å². The predicted octanol–water partition coefficient (Wildman–Crippen LogP) is 14.4. The molecule has 61 heavy (non-hydrogen) atoms. The molecular formula is C52H89NO7P+. The molecule has 8 nitrogen and oxygen atoms in total. The summed E-state index contributed by atoms with van der Waals surface area (Å²) in [5.41, 5.74) is 0. The van der Waals surface area contributed by atoms with Crippen LogP contribution in [0.25, 0.3) is 0 Å². The van der Waals surface area contributed by atoms with Gasteiger partial charge in [0.25, 0.3) is 0 Å². The van der Waals surface area contributed by atoms with Gasteiger partial charge in [-0.25, -0.2) is 4.57 Å². The summed E-state index contributed by atoms with van der Waals surface area (Å²) in [6, 6.07) is 0. The van der Waals surface area contributed by atoms with Crippen molar-refractivity contribution in [1.82, 2.24) is 0 Å². The predicted molar refractivity (Wildman–Crippen MR) is 261 cm³/mol. The lowest BCUT2D eigenvalue weighted by atomic mass is 10.1. The van der Waals surface area contributed by atoms with E-state index in [9.17, 15) is 14.3 Å². The fraction of sp³-hybridized carbons (Fsp3) is 0.635. The summed E-state index contributed by atoms with van der Waals surface area (Å²) in [5.74, 6) is -0.399. The molecule has 1 N–H and O–H groups in total. The minimum atomic E-state index is -4.30. The Morgan fingerprint density at radius 2 is 0.902 bits per heavy atom. The van der Waals surface area contributed by atoms with Gasteiger partial charge in [0, 0.05) is 13.0 Å². The molecule has 0 saturated heterocycles. The average molecular weight is 871 g/mol. The molecular weight excluding hydrogens is 782 g/mol. The molecule has 2 atom stereocenters. The SMILES string of the molecule is CC/C=C\C/C=C\C/C=C\C/C=C\C/C=C\CCCCCCCCCCCCOCC(COP(=O)(O)OCC[N+](C)(C)C)OC(=O)CC/C=C\C/C=C\C/C=C\C/C=C\CC. The second-order valence-corrected chi connectivity index (χ2v) is 17.8. The molecule has 0 aliphatic carbocycles. The third-order valence-electron chi connectivity index (χ3n) is 9.34. The van der Waals surface area contributed by atoms with E-state index in [4.69, 9.17) is 18.5 Å². The molecule has 0 aromatic rings. The molecule has 0 heterocycles. The van der Waals surface area contributed by atoms with E-state index in [1.165, 1.54) is 57.8 Å². The average Bonchev–Trinajstić information content (AvgIpc) is 3.22. The van der Waals surface area contributed by atoms with Gasteiger partial charge in [-0.1, -0.05) is 175 Å². The zero-order valence-corrected chi connectivity index (χ0v) is 40.2. The number of quaternary nitrogens is 1. The lowest BCUT2D eigenvalue weighted by molar-refractivity contribution is -0.870. The van der Waals surface area contributed by atoms with E-state index in [1.54, 1.807) is 0 Å². The maximum Gasteiger partial charge on any atom is 0.472 e. The summed E-state index contributed by atoms with van der Waals surface area (Å²) in [6.45, 7) is 5.25. The van der Waals surface area contributed by atoms with Gasteiger partial charge in [-0.2, -0.15) is 0 Å². The molecule has 348 valence electrons. The third-order valence-corrected chi connectivity index (χ3v) is 10.3. The molecule has 0 aliphatic rings. The van der Waals surface area contributed by atoms with Crippen LogP contribution in [0.3, 0.4) is 0 Å². The number of rotatable bonds is 42. The number of esters is 1. The van der Waals surface area contributed by atoms with E-state index in [-0.39, 0.29) is 26.2 Å². The van der Waals surface area contributed by atoms with Crippen molar-refractivity contribution in [1.29, 1.82) is 0 Å². The van der Waals surface area contributed by atoms with Crippen LogP contribution in [0.2, 0.25) is 0 Å². The fourth-order valence-electron chi connectivity index (χ4n) is 5.77. The molecule has 0 bridgehead atoms. The highest BCUT2D eigenvalue weighted by Crippen LogP contribution is 2.43. The second kappa shape index (κ2) is 43.8. The number of likely N-dealkylation sites (N-methyl/N-ethyl adjacent to an activating group) is 1. The number of phosphoric acid groups is 1. The van der Waals surface area contributed by atoms with E-state index in [0.29, 0.717) is 24.1 Å². The van der Waals surface area contributed by atoms with Gasteiger partial charge in [-0.15, -0.1) is 0 Å². The summed E-state index contributed by atoms with van der Waals surface area (Å²) in [6.07, 6.45) is 61.6. The standard InChI is InChI=1S/C52H88NO7P/c1-6-8-10-12-14-16-18-20-21-22-23-24-25-26-27-28-29-30-31-32-34-36-38-40-42-44-47-57-49-51(50-59-61(55,56)58-48-46-53(3,4)5)60-52(54)45-43-41-39-37-35-33-19-17-15-13-11-9-7-2/h8-11,14-17,20-21,23-24,26-27,33,35,39,41,51H,6-7,12-13,18-19,22,25,28-32,34,36-38,40,42-50H2,1-5H3/p+1/b10-8-,11-9-,16-14-,17-15-,21-20-,24-23-,27-26-,35-33-,41-39-. The van der Waals surface area contributed by atoms with Gasteiger partial charge in [0.05, 0.1) is 34.4 Å². The number of ether oxygens (including phenoxy) is 2. The summed E-state index contributed by atoms with van der Waals surface area (Å²) in [7, 11) is 1.60. The molecule has 2 unspecified atom stereocenters. The normalized spacial score (nSPS) is 14.7. The van der Waals surface area contributed by atoms with Gasteiger partial charge in [-0.3, -0.25) is 13.8 Å². The maximum absolute atomic E-state index is 12.7. The number of carbonyl (C=O) groups is 1. The van der Waals surface area contributed by atoms with Crippen LogP contribution in [0.1, 0.15) is 155 Å². The number of allylic oxidation sites excluding steroid dienone is 18. The van der Waals surface area contributed by atoms with Gasteiger partial charge in [0.2, 0.25) is 0 Å². The van der Waals surface area contributed by atoms with E-state index >= 15 is 0 Å². The number of nitrogens with zero attached hydrogens (tertiary/aromatic N) is 1. The van der Waals surface area contributed by atoms with Crippen molar-refractivity contribution in [3.05, 3.63) is 109 Å². The van der Waals surface area contributed by atoms with Crippen LogP contribution in [-0.4, -0.2) is 75.6 Å². The van der Waals surface area contributed by atoms with Gasteiger partial charge in [-0.05, 0) is 83.5 Å². The molecule has 0 spiro atoms. The summed E-state index contributed by atoms with van der Waals surface area (Å²) >= 11 is 0. The van der Waals surface area contributed by atoms with Crippen molar-refractivity contribution >= 4 is 13.8 Å². The van der Waals surface area contributed by atoms with Crippen molar-refractivity contribution in [2.24, 2.45) is 0 Å². The fourth-order valence-corrected chi connectivity index (χ4v) is 6.51. The highest BCUT2D eigenvalue weighted by atomic mass is 31.2. The highest BCUT2D eigenvalue weighted by Gasteiger charge is 2.26. The molecule has 0 aromatic heterocycles. The Balaban J connectivity index is 4.20. The summed E-state index contributed by atoms with van der Waals surface area (Å²) in [5, 5.41) is 0. The largest absolute Gasteiger partial charge is 0.472 e. The Kier molecular flexibility index (Phi) is 41.8. The first kappa shape index (κ1) is 58.2. The molecule has 9 heteroatoms. The lowest BCUT2D eigenvalue weighted by Crippen LogP contribution is -2.37. The molecule has 0 aliphatic heterocycles. The van der Waals surface area contributed by atoms with Crippen molar-refractivity contribution < 1.29 is 37.3 Å². The third kappa shape index (κ3) is 48.1. The number of unbranched alkanes of at least 4 members (excludes halogenated alkanes) is 10. The Morgan fingerprint density at radius 3 is 1.34 bits per heavy atom. The van der Waals surface area contributed by atoms with Crippen LogP contribution >= 0.6 is 7.82 Å². The quantitative estimate of drug-likeness (QED) is 0.0215. The first-order valence-electron chi connectivity index (χ1n) is 23.6. The molecule has 0 amide bonds. The molecule has 0 radical (unpaired) electrons. The first-order valence-corrected chi connectivity index (χ1v) is 25.1.